The van der Waals surface area contributed by atoms with Gasteiger partial charge in [0.05, 0.1) is 5.69 Å². The van der Waals surface area contributed by atoms with Crippen molar-refractivity contribution in [1.82, 2.24) is 9.78 Å². The number of hydrogen-bond donors (Lipinski definition) is 1. The second kappa shape index (κ2) is 4.84. The molecule has 1 aromatic carbocycles. The summed E-state index contributed by atoms with van der Waals surface area (Å²) in [5, 5.41) is 7.70. The molecule has 1 aromatic heterocycles. The van der Waals surface area contributed by atoms with Gasteiger partial charge in [0.25, 0.3) is 0 Å². The minimum absolute atomic E-state index is 0.609. The third kappa shape index (κ3) is 2.50. The fraction of sp³-hybridized carbons (Fsp3) is 0.357. The normalized spacial score (nSPS) is 13.4. The number of benzene rings is 1. The number of hydrogen-bond acceptors (Lipinski definition) is 4. The zero-order valence-electron chi connectivity index (χ0n) is 11.1. The second-order valence-electron chi connectivity index (χ2n) is 4.63. The standard InChI is InChI=1S/C14H17N3O2/c1-10-11(9-17(2)16-10)8-15-12-3-4-13-14(7-12)19-6-5-18-13/h3-4,7,9,15H,5-6,8H2,1-2H3. The molecule has 3 rings (SSSR count). The maximum absolute atomic E-state index is 5.56. The first kappa shape index (κ1) is 11.9. The lowest BCUT2D eigenvalue weighted by atomic mass is 10.2. The molecular weight excluding hydrogens is 242 g/mol. The molecule has 1 aliphatic rings. The number of aryl methyl sites for hydroxylation is 2. The summed E-state index contributed by atoms with van der Waals surface area (Å²) in [5.41, 5.74) is 3.26. The molecule has 0 unspecified atom stereocenters. The van der Waals surface area contributed by atoms with Crippen molar-refractivity contribution < 1.29 is 9.47 Å². The number of aromatic nitrogens is 2. The zero-order valence-corrected chi connectivity index (χ0v) is 11.1. The molecule has 0 fully saturated rings. The first-order chi connectivity index (χ1) is 9.22. The van der Waals surface area contributed by atoms with Gasteiger partial charge >= 0.3 is 0 Å². The molecule has 2 heterocycles. The van der Waals surface area contributed by atoms with Crippen molar-refractivity contribution in [3.8, 4) is 11.5 Å². The van der Waals surface area contributed by atoms with E-state index in [2.05, 4.69) is 10.4 Å². The summed E-state index contributed by atoms with van der Waals surface area (Å²) in [6.45, 7) is 3.99. The number of ether oxygens (including phenoxy) is 2. The molecule has 0 saturated heterocycles. The van der Waals surface area contributed by atoms with Gasteiger partial charge in [0.2, 0.25) is 0 Å². The van der Waals surface area contributed by atoms with Crippen molar-refractivity contribution in [1.29, 1.82) is 0 Å². The van der Waals surface area contributed by atoms with Crippen LogP contribution in [-0.4, -0.2) is 23.0 Å². The Morgan fingerprint density at radius 3 is 2.79 bits per heavy atom. The van der Waals surface area contributed by atoms with Crippen LogP contribution in [0, 0.1) is 6.92 Å². The van der Waals surface area contributed by atoms with Crippen molar-refractivity contribution in [2.75, 3.05) is 18.5 Å². The average Bonchev–Trinajstić information content (AvgIpc) is 2.74. The molecule has 0 bridgehead atoms. The Labute approximate surface area is 112 Å². The van der Waals surface area contributed by atoms with Gasteiger partial charge in [0.15, 0.2) is 11.5 Å². The Morgan fingerprint density at radius 2 is 2.05 bits per heavy atom. The van der Waals surface area contributed by atoms with Crippen LogP contribution in [0.3, 0.4) is 0 Å². The van der Waals surface area contributed by atoms with Crippen LogP contribution >= 0.6 is 0 Å². The molecule has 0 aliphatic carbocycles. The van der Waals surface area contributed by atoms with Crippen LogP contribution in [0.1, 0.15) is 11.3 Å². The van der Waals surface area contributed by atoms with Crippen molar-refractivity contribution in [3.63, 3.8) is 0 Å². The number of anilines is 1. The third-order valence-electron chi connectivity index (χ3n) is 3.14. The fourth-order valence-corrected chi connectivity index (χ4v) is 2.17. The number of nitrogens with zero attached hydrogens (tertiary/aromatic N) is 2. The van der Waals surface area contributed by atoms with E-state index in [9.17, 15) is 0 Å². The van der Waals surface area contributed by atoms with E-state index in [1.807, 2.05) is 43.0 Å². The van der Waals surface area contributed by atoms with Crippen molar-refractivity contribution in [2.24, 2.45) is 7.05 Å². The number of fused-ring (bicyclic) bond motifs is 1. The maximum atomic E-state index is 5.56. The molecule has 0 atom stereocenters. The Kier molecular flexibility index (Phi) is 3.03. The van der Waals surface area contributed by atoms with Crippen molar-refractivity contribution in [2.45, 2.75) is 13.5 Å². The topological polar surface area (TPSA) is 48.3 Å². The Hall–Kier alpha value is -2.17. The number of rotatable bonds is 3. The summed E-state index contributed by atoms with van der Waals surface area (Å²) in [4.78, 5) is 0. The van der Waals surface area contributed by atoms with E-state index in [-0.39, 0.29) is 0 Å². The van der Waals surface area contributed by atoms with Crippen LogP contribution in [0.25, 0.3) is 0 Å². The summed E-state index contributed by atoms with van der Waals surface area (Å²) in [7, 11) is 1.93. The summed E-state index contributed by atoms with van der Waals surface area (Å²) >= 11 is 0. The predicted octanol–water partition coefficient (Wildman–Crippen LogP) is 2.11. The quantitative estimate of drug-likeness (QED) is 0.917. The summed E-state index contributed by atoms with van der Waals surface area (Å²) in [6, 6.07) is 5.91. The van der Waals surface area contributed by atoms with Crippen LogP contribution in [0.2, 0.25) is 0 Å². The largest absolute Gasteiger partial charge is 0.486 e. The van der Waals surface area contributed by atoms with E-state index in [1.165, 1.54) is 5.56 Å². The van der Waals surface area contributed by atoms with Crippen molar-refractivity contribution >= 4 is 5.69 Å². The Morgan fingerprint density at radius 1 is 1.26 bits per heavy atom. The van der Waals surface area contributed by atoms with E-state index in [0.717, 1.165) is 29.4 Å². The van der Waals surface area contributed by atoms with Gasteiger partial charge in [-0.3, -0.25) is 4.68 Å². The lowest BCUT2D eigenvalue weighted by Gasteiger charge is -2.19. The molecule has 100 valence electrons. The summed E-state index contributed by atoms with van der Waals surface area (Å²) in [5.74, 6) is 1.62. The summed E-state index contributed by atoms with van der Waals surface area (Å²) < 4.78 is 12.9. The fourth-order valence-electron chi connectivity index (χ4n) is 2.17. The molecule has 0 spiro atoms. The first-order valence-corrected chi connectivity index (χ1v) is 6.35. The Bertz CT molecular complexity index is 592. The van der Waals surface area contributed by atoms with Crippen LogP contribution in [0.15, 0.2) is 24.4 Å². The minimum Gasteiger partial charge on any atom is -0.486 e. The number of nitrogens with one attached hydrogen (secondary N) is 1. The molecule has 19 heavy (non-hydrogen) atoms. The van der Waals surface area contributed by atoms with Gasteiger partial charge in [0, 0.05) is 37.1 Å². The highest BCUT2D eigenvalue weighted by atomic mass is 16.6. The van der Waals surface area contributed by atoms with E-state index in [1.54, 1.807) is 0 Å². The van der Waals surface area contributed by atoms with Crippen LogP contribution in [0.4, 0.5) is 5.69 Å². The monoisotopic (exact) mass is 259 g/mol. The minimum atomic E-state index is 0.609. The van der Waals surface area contributed by atoms with E-state index in [4.69, 9.17) is 9.47 Å². The van der Waals surface area contributed by atoms with Gasteiger partial charge in [-0.2, -0.15) is 5.10 Å². The highest BCUT2D eigenvalue weighted by Gasteiger charge is 2.11. The lowest BCUT2D eigenvalue weighted by Crippen LogP contribution is -2.15. The molecule has 0 saturated carbocycles. The molecule has 0 radical (unpaired) electrons. The molecule has 5 nitrogen and oxygen atoms in total. The molecule has 5 heteroatoms. The van der Waals surface area contributed by atoms with E-state index < -0.39 is 0 Å². The highest BCUT2D eigenvalue weighted by Crippen LogP contribution is 2.32. The molecule has 1 N–H and O–H groups in total. The van der Waals surface area contributed by atoms with Gasteiger partial charge in [-0.05, 0) is 19.1 Å². The second-order valence-corrected chi connectivity index (χ2v) is 4.63. The molecular formula is C14H17N3O2. The first-order valence-electron chi connectivity index (χ1n) is 6.35. The molecule has 2 aromatic rings. The van der Waals surface area contributed by atoms with E-state index >= 15 is 0 Å². The summed E-state index contributed by atoms with van der Waals surface area (Å²) in [6.07, 6.45) is 2.03. The van der Waals surface area contributed by atoms with Crippen molar-refractivity contribution in [3.05, 3.63) is 35.7 Å². The van der Waals surface area contributed by atoms with Gasteiger partial charge < -0.3 is 14.8 Å². The van der Waals surface area contributed by atoms with Gasteiger partial charge in [0.1, 0.15) is 13.2 Å². The van der Waals surface area contributed by atoms with Crippen LogP contribution < -0.4 is 14.8 Å². The lowest BCUT2D eigenvalue weighted by molar-refractivity contribution is 0.171. The van der Waals surface area contributed by atoms with Crippen LogP contribution in [0.5, 0.6) is 11.5 Å². The predicted molar refractivity (Wildman–Crippen MR) is 72.7 cm³/mol. The molecule has 0 amide bonds. The smallest absolute Gasteiger partial charge is 0.163 e. The van der Waals surface area contributed by atoms with Crippen LogP contribution in [-0.2, 0) is 13.6 Å². The van der Waals surface area contributed by atoms with Gasteiger partial charge in [-0.1, -0.05) is 0 Å². The SMILES string of the molecule is Cc1nn(C)cc1CNc1ccc2c(c1)OCCO2. The highest BCUT2D eigenvalue weighted by molar-refractivity contribution is 5.55. The zero-order chi connectivity index (χ0) is 13.2. The van der Waals surface area contributed by atoms with E-state index in [0.29, 0.717) is 13.2 Å². The van der Waals surface area contributed by atoms with Gasteiger partial charge in [-0.25, -0.2) is 0 Å². The third-order valence-corrected chi connectivity index (χ3v) is 3.14. The van der Waals surface area contributed by atoms with Gasteiger partial charge in [-0.15, -0.1) is 0 Å². The molecule has 1 aliphatic heterocycles. The maximum Gasteiger partial charge on any atom is 0.163 e. The Balaban J connectivity index is 1.71. The average molecular weight is 259 g/mol.